The molecule has 2 nitrogen and oxygen atoms in total. The second kappa shape index (κ2) is 11.0. The van der Waals surface area contributed by atoms with Gasteiger partial charge in [0.2, 0.25) is 0 Å². The Hall–Kier alpha value is -5.08. The Labute approximate surface area is 291 Å². The van der Waals surface area contributed by atoms with E-state index in [-0.39, 0.29) is 16.2 Å². The summed E-state index contributed by atoms with van der Waals surface area (Å²) >= 11 is 0. The van der Waals surface area contributed by atoms with Gasteiger partial charge in [-0.2, -0.15) is 0 Å². The number of furan rings is 1. The van der Waals surface area contributed by atoms with Crippen LogP contribution in [0.2, 0.25) is 0 Å². The number of hydrogen-bond acceptors (Lipinski definition) is 2. The van der Waals surface area contributed by atoms with Crippen molar-refractivity contribution in [1.82, 2.24) is 0 Å². The van der Waals surface area contributed by atoms with Gasteiger partial charge < -0.3 is 9.32 Å². The molecule has 49 heavy (non-hydrogen) atoms. The second-order valence-electron chi connectivity index (χ2n) is 16.3. The minimum atomic E-state index is -0.185. The van der Waals surface area contributed by atoms with Crippen molar-refractivity contribution in [3.8, 4) is 22.3 Å². The first-order valence-corrected chi connectivity index (χ1v) is 17.5. The van der Waals surface area contributed by atoms with E-state index in [1.54, 1.807) is 0 Å². The zero-order valence-electron chi connectivity index (χ0n) is 30.0. The molecule has 0 saturated carbocycles. The highest BCUT2D eigenvalue weighted by molar-refractivity contribution is 6.14. The van der Waals surface area contributed by atoms with Gasteiger partial charge in [0.1, 0.15) is 11.2 Å². The molecule has 1 aliphatic rings. The van der Waals surface area contributed by atoms with E-state index in [1.165, 1.54) is 55.6 Å². The van der Waals surface area contributed by atoms with Crippen LogP contribution in [0.5, 0.6) is 0 Å². The molecule has 244 valence electrons. The Bertz CT molecular complexity index is 2360. The molecule has 0 fully saturated rings. The van der Waals surface area contributed by atoms with E-state index < -0.39 is 0 Å². The molecule has 6 aromatic carbocycles. The SMILES string of the molecule is CC(C)(C)c1cc(C(C)(C)C)c2oc3cccc(N(c4ccc(-c5ccccc5)cc4)c4cccc5c4C(C)(C)c4ccccc4-5)c3c2c1. The maximum absolute atomic E-state index is 6.87. The van der Waals surface area contributed by atoms with Crippen LogP contribution in [-0.4, -0.2) is 0 Å². The van der Waals surface area contributed by atoms with Crippen LogP contribution in [-0.2, 0) is 16.2 Å². The van der Waals surface area contributed by atoms with Gasteiger partial charge in [-0.05, 0) is 86.2 Å². The molecule has 0 spiro atoms. The van der Waals surface area contributed by atoms with E-state index in [1.807, 2.05) is 0 Å². The summed E-state index contributed by atoms with van der Waals surface area (Å²) in [6.07, 6.45) is 0. The maximum atomic E-state index is 6.87. The molecule has 0 bridgehead atoms. The van der Waals surface area contributed by atoms with Crippen molar-refractivity contribution in [3.63, 3.8) is 0 Å². The Morgan fingerprint density at radius 3 is 1.92 bits per heavy atom. The monoisotopic (exact) mass is 639 g/mol. The number of benzene rings is 6. The maximum Gasteiger partial charge on any atom is 0.139 e. The Balaban J connectivity index is 1.45. The molecule has 1 aromatic heterocycles. The van der Waals surface area contributed by atoms with E-state index in [4.69, 9.17) is 4.42 Å². The van der Waals surface area contributed by atoms with Crippen LogP contribution < -0.4 is 4.90 Å². The Kier molecular flexibility index (Phi) is 6.99. The van der Waals surface area contributed by atoms with Gasteiger partial charge in [0, 0.05) is 22.1 Å². The molecule has 8 rings (SSSR count). The molecular weight excluding hydrogens is 595 g/mol. The van der Waals surface area contributed by atoms with Crippen LogP contribution in [0.4, 0.5) is 17.1 Å². The highest BCUT2D eigenvalue weighted by Crippen LogP contribution is 2.55. The lowest BCUT2D eigenvalue weighted by Crippen LogP contribution is -2.20. The summed E-state index contributed by atoms with van der Waals surface area (Å²) < 4.78 is 6.87. The standard InChI is InChI=1S/C47H45NO/c1-45(2,3)32-28-36-42-39(21-15-23-41(42)49-44(36)38(29-32)46(4,5)6)48(33-26-24-31(25-27-33)30-16-10-9-11-17-30)40-22-14-19-35-34-18-12-13-20-37(34)47(7,8)43(35)40/h9-29H,1-8H3. The number of rotatable bonds is 4. The zero-order chi connectivity index (χ0) is 34.3. The van der Waals surface area contributed by atoms with Gasteiger partial charge in [0.25, 0.3) is 0 Å². The van der Waals surface area contributed by atoms with E-state index >= 15 is 0 Å². The average molecular weight is 640 g/mol. The summed E-state index contributed by atoms with van der Waals surface area (Å²) in [7, 11) is 0. The van der Waals surface area contributed by atoms with Gasteiger partial charge in [-0.3, -0.25) is 0 Å². The minimum absolute atomic E-state index is 0.0181. The molecule has 1 aliphatic carbocycles. The van der Waals surface area contributed by atoms with Gasteiger partial charge in [-0.25, -0.2) is 0 Å². The molecule has 0 radical (unpaired) electrons. The topological polar surface area (TPSA) is 16.4 Å². The fourth-order valence-corrected chi connectivity index (χ4v) is 7.93. The number of fused-ring (bicyclic) bond motifs is 6. The fourth-order valence-electron chi connectivity index (χ4n) is 7.93. The summed E-state index contributed by atoms with van der Waals surface area (Å²) in [5.74, 6) is 0. The summed E-state index contributed by atoms with van der Waals surface area (Å²) in [5.41, 5.74) is 15.3. The largest absolute Gasteiger partial charge is 0.456 e. The molecule has 0 aliphatic heterocycles. The van der Waals surface area contributed by atoms with Crippen LogP contribution in [0.3, 0.4) is 0 Å². The number of anilines is 3. The molecule has 1 heterocycles. The van der Waals surface area contributed by atoms with Gasteiger partial charge in [-0.1, -0.05) is 146 Å². The summed E-state index contributed by atoms with van der Waals surface area (Å²) in [5, 5.41) is 2.32. The highest BCUT2D eigenvalue weighted by atomic mass is 16.3. The van der Waals surface area contributed by atoms with Crippen molar-refractivity contribution in [2.75, 3.05) is 4.90 Å². The smallest absolute Gasteiger partial charge is 0.139 e. The van der Waals surface area contributed by atoms with Crippen molar-refractivity contribution in [2.24, 2.45) is 0 Å². The summed E-state index contributed by atoms with van der Waals surface area (Å²) in [4.78, 5) is 2.49. The molecule has 0 saturated heterocycles. The van der Waals surface area contributed by atoms with Gasteiger partial charge in [0.15, 0.2) is 0 Å². The number of nitrogens with zero attached hydrogens (tertiary/aromatic N) is 1. The predicted molar refractivity (Wildman–Crippen MR) is 209 cm³/mol. The van der Waals surface area contributed by atoms with Crippen molar-refractivity contribution >= 4 is 39.0 Å². The van der Waals surface area contributed by atoms with Crippen LogP contribution in [0, 0.1) is 0 Å². The quantitative estimate of drug-likeness (QED) is 0.191. The summed E-state index contributed by atoms with van der Waals surface area (Å²) in [6, 6.07) is 46.7. The van der Waals surface area contributed by atoms with E-state index in [2.05, 4.69) is 188 Å². The highest BCUT2D eigenvalue weighted by Gasteiger charge is 2.39. The van der Waals surface area contributed by atoms with Gasteiger partial charge >= 0.3 is 0 Å². The average Bonchev–Trinajstić information content (AvgIpc) is 3.57. The van der Waals surface area contributed by atoms with Crippen LogP contribution >= 0.6 is 0 Å². The molecule has 0 unspecified atom stereocenters. The molecular formula is C47H45NO. The lowest BCUT2D eigenvalue weighted by molar-refractivity contribution is 0.559. The normalized spacial score (nSPS) is 13.9. The first-order chi connectivity index (χ1) is 23.3. The fraction of sp³-hybridized carbons (Fsp3) is 0.234. The minimum Gasteiger partial charge on any atom is -0.456 e. The molecule has 2 heteroatoms. The van der Waals surface area contributed by atoms with Crippen molar-refractivity contribution in [3.05, 3.63) is 150 Å². The first kappa shape index (κ1) is 31.2. The lowest BCUT2D eigenvalue weighted by atomic mass is 9.79. The van der Waals surface area contributed by atoms with Crippen LogP contribution in [0.15, 0.2) is 132 Å². The van der Waals surface area contributed by atoms with Crippen molar-refractivity contribution < 1.29 is 4.42 Å². The van der Waals surface area contributed by atoms with E-state index in [0.29, 0.717) is 0 Å². The van der Waals surface area contributed by atoms with Gasteiger partial charge in [-0.15, -0.1) is 0 Å². The zero-order valence-corrected chi connectivity index (χ0v) is 30.0. The van der Waals surface area contributed by atoms with Gasteiger partial charge in [0.05, 0.1) is 16.8 Å². The van der Waals surface area contributed by atoms with Crippen molar-refractivity contribution in [2.45, 2.75) is 71.6 Å². The molecule has 0 N–H and O–H groups in total. The predicted octanol–water partition coefficient (Wildman–Crippen LogP) is 13.6. The van der Waals surface area contributed by atoms with Crippen LogP contribution in [0.1, 0.15) is 77.6 Å². The van der Waals surface area contributed by atoms with E-state index in [9.17, 15) is 0 Å². The third-order valence-electron chi connectivity index (χ3n) is 10.5. The Morgan fingerprint density at radius 1 is 0.571 bits per heavy atom. The second-order valence-corrected chi connectivity index (χ2v) is 16.3. The third-order valence-corrected chi connectivity index (χ3v) is 10.5. The lowest BCUT2D eigenvalue weighted by Gasteiger charge is -2.32. The third kappa shape index (κ3) is 5.00. The Morgan fingerprint density at radius 2 is 1.20 bits per heavy atom. The van der Waals surface area contributed by atoms with Crippen molar-refractivity contribution in [1.29, 1.82) is 0 Å². The number of hydrogen-bond donors (Lipinski definition) is 0. The first-order valence-electron chi connectivity index (χ1n) is 17.5. The summed E-state index contributed by atoms with van der Waals surface area (Å²) in [6.45, 7) is 18.5. The molecule has 0 amide bonds. The molecule has 7 aromatic rings. The van der Waals surface area contributed by atoms with Crippen LogP contribution in [0.25, 0.3) is 44.2 Å². The molecule has 0 atom stereocenters. The van der Waals surface area contributed by atoms with E-state index in [0.717, 1.165) is 27.9 Å².